The number of aromatic carboxylic acids is 1. The predicted octanol–water partition coefficient (Wildman–Crippen LogP) is 2.86. The molecule has 1 fully saturated rings. The summed E-state index contributed by atoms with van der Waals surface area (Å²) in [4.78, 5) is 13.4. The van der Waals surface area contributed by atoms with Crippen molar-refractivity contribution in [2.45, 2.75) is 12.5 Å². The van der Waals surface area contributed by atoms with Crippen molar-refractivity contribution in [3.8, 4) is 11.3 Å². The number of nitrogens with zero attached hydrogens (tertiary/aromatic N) is 3. The molecule has 0 saturated carbocycles. The number of benzene rings is 1. The zero-order chi connectivity index (χ0) is 17.3. The molecule has 24 heavy (non-hydrogen) atoms. The lowest BCUT2D eigenvalue weighted by molar-refractivity contribution is 0.0697. The number of ether oxygens (including phenoxy) is 1. The topological polar surface area (TPSA) is 75.6 Å². The van der Waals surface area contributed by atoms with Gasteiger partial charge in [0.05, 0.1) is 18.3 Å². The average Bonchev–Trinajstić information content (AvgIpc) is 3.10. The van der Waals surface area contributed by atoms with Crippen molar-refractivity contribution < 1.29 is 19.0 Å². The Morgan fingerprint density at radius 1 is 1.42 bits per heavy atom. The lowest BCUT2D eigenvalue weighted by Gasteiger charge is -2.25. The summed E-state index contributed by atoms with van der Waals surface area (Å²) in [5.41, 5.74) is 0.178. The smallest absolute Gasteiger partial charge is 0.339 e. The van der Waals surface area contributed by atoms with Gasteiger partial charge in [-0.25, -0.2) is 9.18 Å². The Morgan fingerprint density at radius 2 is 2.21 bits per heavy atom. The Hall–Kier alpha value is -2.25. The van der Waals surface area contributed by atoms with Crippen molar-refractivity contribution in [2.24, 2.45) is 0 Å². The Morgan fingerprint density at radius 3 is 2.88 bits per heavy atom. The number of carbonyl (C=O) groups is 1. The third-order valence-corrected chi connectivity index (χ3v) is 4.23. The first kappa shape index (κ1) is 16.6. The van der Waals surface area contributed by atoms with Crippen LogP contribution in [0.1, 0.15) is 16.8 Å². The van der Waals surface area contributed by atoms with E-state index in [9.17, 15) is 14.3 Å². The second kappa shape index (κ2) is 6.70. The summed E-state index contributed by atoms with van der Waals surface area (Å²) in [5.74, 6) is -1.48. The quantitative estimate of drug-likeness (QED) is 0.912. The van der Waals surface area contributed by atoms with Gasteiger partial charge in [-0.1, -0.05) is 11.6 Å². The first-order valence-electron chi connectivity index (χ1n) is 7.34. The molecule has 0 radical (unpaired) electrons. The van der Waals surface area contributed by atoms with E-state index in [1.54, 1.807) is 11.9 Å². The van der Waals surface area contributed by atoms with E-state index < -0.39 is 11.8 Å². The fourth-order valence-electron chi connectivity index (χ4n) is 2.63. The summed E-state index contributed by atoms with van der Waals surface area (Å²) in [7, 11) is 1.75. The van der Waals surface area contributed by atoms with E-state index in [2.05, 4.69) is 10.2 Å². The van der Waals surface area contributed by atoms with Crippen LogP contribution in [-0.4, -0.2) is 47.6 Å². The van der Waals surface area contributed by atoms with Crippen LogP contribution in [0.25, 0.3) is 11.3 Å². The molecule has 1 atom stereocenters. The van der Waals surface area contributed by atoms with E-state index in [0.29, 0.717) is 18.2 Å². The summed E-state index contributed by atoms with van der Waals surface area (Å²) in [6.45, 7) is 1.12. The number of carboxylic acids is 1. The first-order valence-corrected chi connectivity index (χ1v) is 7.72. The van der Waals surface area contributed by atoms with Crippen LogP contribution >= 0.6 is 11.6 Å². The number of aromatic nitrogens is 2. The normalized spacial score (nSPS) is 17.0. The minimum absolute atomic E-state index is 0.0335. The van der Waals surface area contributed by atoms with Crippen LogP contribution in [-0.2, 0) is 4.74 Å². The number of rotatable bonds is 4. The third-order valence-electron chi connectivity index (χ3n) is 4.00. The number of hydrogen-bond acceptors (Lipinski definition) is 5. The Balaban J connectivity index is 2.04. The third kappa shape index (κ3) is 3.18. The fraction of sp³-hybridized carbons (Fsp3) is 0.312. The van der Waals surface area contributed by atoms with Crippen molar-refractivity contribution in [2.75, 3.05) is 25.2 Å². The molecule has 1 aliphatic rings. The highest BCUT2D eigenvalue weighted by atomic mass is 35.5. The maximum Gasteiger partial charge on any atom is 0.339 e. The molecular weight excluding hydrogens is 337 g/mol. The molecule has 2 aromatic rings. The molecule has 0 aliphatic carbocycles. The highest BCUT2D eigenvalue weighted by Crippen LogP contribution is 2.28. The second-order valence-electron chi connectivity index (χ2n) is 5.52. The summed E-state index contributed by atoms with van der Waals surface area (Å²) in [6.07, 6.45) is 0.780. The Kier molecular flexibility index (Phi) is 4.64. The van der Waals surface area contributed by atoms with Crippen LogP contribution in [0.5, 0.6) is 0 Å². The highest BCUT2D eigenvalue weighted by molar-refractivity contribution is 6.30. The van der Waals surface area contributed by atoms with Gasteiger partial charge in [0.1, 0.15) is 11.4 Å². The van der Waals surface area contributed by atoms with Gasteiger partial charge in [-0.2, -0.15) is 0 Å². The van der Waals surface area contributed by atoms with E-state index >= 15 is 0 Å². The van der Waals surface area contributed by atoms with Gasteiger partial charge in [-0.05, 0) is 30.7 Å². The Labute approximate surface area is 142 Å². The minimum atomic E-state index is -1.16. The van der Waals surface area contributed by atoms with E-state index in [0.717, 1.165) is 6.42 Å². The maximum atomic E-state index is 14.0. The monoisotopic (exact) mass is 351 g/mol. The lowest BCUT2D eigenvalue weighted by atomic mass is 10.1. The van der Waals surface area contributed by atoms with Gasteiger partial charge in [0.25, 0.3) is 0 Å². The van der Waals surface area contributed by atoms with Crippen LogP contribution < -0.4 is 4.90 Å². The fourth-order valence-corrected chi connectivity index (χ4v) is 2.80. The predicted molar refractivity (Wildman–Crippen MR) is 87.0 cm³/mol. The highest BCUT2D eigenvalue weighted by Gasteiger charge is 2.26. The molecule has 0 amide bonds. The van der Waals surface area contributed by atoms with Gasteiger partial charge in [0, 0.05) is 24.2 Å². The lowest BCUT2D eigenvalue weighted by Crippen LogP contribution is -2.34. The molecule has 8 heteroatoms. The SMILES string of the molecule is CN(c1nnc(-c2cc(Cl)ccc2F)cc1C(=O)O)C1CCOC1. The van der Waals surface area contributed by atoms with Crippen molar-refractivity contribution in [1.82, 2.24) is 10.2 Å². The number of hydrogen-bond donors (Lipinski definition) is 1. The van der Waals surface area contributed by atoms with E-state index in [4.69, 9.17) is 16.3 Å². The standard InChI is InChI=1S/C16H15ClFN3O3/c1-21(10-4-5-24-8-10)15-12(16(22)23)7-14(19-20-15)11-6-9(17)2-3-13(11)18/h2-3,6-7,10H,4-5,8H2,1H3,(H,22,23). The molecular formula is C16H15ClFN3O3. The first-order chi connectivity index (χ1) is 11.5. The molecule has 2 heterocycles. The molecule has 1 aromatic heterocycles. The minimum Gasteiger partial charge on any atom is -0.478 e. The summed E-state index contributed by atoms with van der Waals surface area (Å²) < 4.78 is 19.3. The van der Waals surface area contributed by atoms with Gasteiger partial charge >= 0.3 is 5.97 Å². The molecule has 6 nitrogen and oxygen atoms in total. The number of carboxylic acid groups (broad SMARTS) is 1. The van der Waals surface area contributed by atoms with Crippen LogP contribution in [0.2, 0.25) is 5.02 Å². The van der Waals surface area contributed by atoms with Crippen LogP contribution in [0, 0.1) is 5.82 Å². The van der Waals surface area contributed by atoms with Gasteiger partial charge in [-0.3, -0.25) is 0 Å². The number of anilines is 1. The van der Waals surface area contributed by atoms with E-state index in [1.165, 1.54) is 24.3 Å². The van der Waals surface area contributed by atoms with Crippen LogP contribution in [0.15, 0.2) is 24.3 Å². The molecule has 1 aliphatic heterocycles. The molecule has 1 N–H and O–H groups in total. The van der Waals surface area contributed by atoms with Crippen molar-refractivity contribution in [1.29, 1.82) is 0 Å². The summed E-state index contributed by atoms with van der Waals surface area (Å²) >= 11 is 5.88. The van der Waals surface area contributed by atoms with E-state index in [-0.39, 0.29) is 28.7 Å². The zero-order valence-corrected chi connectivity index (χ0v) is 13.6. The van der Waals surface area contributed by atoms with Gasteiger partial charge < -0.3 is 14.7 Å². The van der Waals surface area contributed by atoms with Crippen LogP contribution in [0.4, 0.5) is 10.2 Å². The van der Waals surface area contributed by atoms with Crippen molar-refractivity contribution in [3.63, 3.8) is 0 Å². The number of likely N-dealkylation sites (N-methyl/N-ethyl adjacent to an activating group) is 1. The van der Waals surface area contributed by atoms with Crippen molar-refractivity contribution >= 4 is 23.4 Å². The second-order valence-corrected chi connectivity index (χ2v) is 5.96. The molecule has 0 bridgehead atoms. The van der Waals surface area contributed by atoms with Gasteiger partial charge in [0.15, 0.2) is 5.82 Å². The average molecular weight is 352 g/mol. The van der Waals surface area contributed by atoms with Gasteiger partial charge in [0.2, 0.25) is 0 Å². The molecule has 1 unspecified atom stereocenters. The molecule has 1 saturated heterocycles. The van der Waals surface area contributed by atoms with E-state index in [1.807, 2.05) is 0 Å². The summed E-state index contributed by atoms with van der Waals surface area (Å²) in [6, 6.07) is 5.35. The Bertz CT molecular complexity index is 781. The van der Waals surface area contributed by atoms with Crippen LogP contribution in [0.3, 0.4) is 0 Å². The molecule has 3 rings (SSSR count). The zero-order valence-electron chi connectivity index (χ0n) is 12.9. The van der Waals surface area contributed by atoms with Crippen molar-refractivity contribution in [3.05, 3.63) is 40.7 Å². The molecule has 0 spiro atoms. The van der Waals surface area contributed by atoms with Gasteiger partial charge in [-0.15, -0.1) is 10.2 Å². The largest absolute Gasteiger partial charge is 0.478 e. The molecule has 1 aromatic carbocycles. The maximum absolute atomic E-state index is 14.0. The number of halogens is 2. The summed E-state index contributed by atoms with van der Waals surface area (Å²) in [5, 5.41) is 17.8. The molecule has 126 valence electrons.